The highest BCUT2D eigenvalue weighted by Crippen LogP contribution is 2.22. The third-order valence-corrected chi connectivity index (χ3v) is 2.76. The van der Waals surface area contributed by atoms with Crippen LogP contribution >= 0.6 is 43.5 Å². The van der Waals surface area contributed by atoms with Crippen LogP contribution in [0, 0.1) is 0 Å². The van der Waals surface area contributed by atoms with Crippen molar-refractivity contribution < 1.29 is 0 Å². The molecular weight excluding hydrogens is 333 g/mol. The lowest BCUT2D eigenvalue weighted by Gasteiger charge is -2.02. The van der Waals surface area contributed by atoms with Crippen molar-refractivity contribution in [1.82, 2.24) is 14.8 Å². The van der Waals surface area contributed by atoms with Gasteiger partial charge in [-0.05, 0) is 37.9 Å². The van der Waals surface area contributed by atoms with Crippen LogP contribution in [0.15, 0.2) is 33.6 Å². The summed E-state index contributed by atoms with van der Waals surface area (Å²) < 4.78 is 3.37. The highest BCUT2D eigenvalue weighted by molar-refractivity contribution is 9.10. The molecule has 0 spiro atoms. The molecule has 6 heteroatoms. The zero-order chi connectivity index (χ0) is 10.1. The Kier molecular flexibility index (Phi) is 2.90. The first-order valence-electron chi connectivity index (χ1n) is 3.68. The lowest BCUT2D eigenvalue weighted by molar-refractivity contribution is 0.841. The SMILES string of the molecule is Clc1cnc(-n2cc(Br)cn2)c(Br)c1. The van der Waals surface area contributed by atoms with Gasteiger partial charge in [-0.15, -0.1) is 0 Å². The Bertz CT molecular complexity index is 469. The van der Waals surface area contributed by atoms with Crippen molar-refractivity contribution in [3.63, 3.8) is 0 Å². The maximum atomic E-state index is 5.78. The minimum atomic E-state index is 0.590. The largest absolute Gasteiger partial charge is 0.235 e. The average Bonchev–Trinajstić information content (AvgIpc) is 2.51. The Hall–Kier alpha value is -0.390. The van der Waals surface area contributed by atoms with E-state index in [0.717, 1.165) is 8.95 Å². The predicted octanol–water partition coefficient (Wildman–Crippen LogP) is 3.45. The van der Waals surface area contributed by atoms with Gasteiger partial charge in [0.1, 0.15) is 0 Å². The van der Waals surface area contributed by atoms with E-state index in [1.807, 2.05) is 6.20 Å². The topological polar surface area (TPSA) is 30.7 Å². The molecule has 3 nitrogen and oxygen atoms in total. The van der Waals surface area contributed by atoms with E-state index in [4.69, 9.17) is 11.6 Å². The zero-order valence-electron chi connectivity index (χ0n) is 6.78. The molecule has 0 fully saturated rings. The third kappa shape index (κ3) is 1.99. The molecule has 0 aliphatic carbocycles. The van der Waals surface area contributed by atoms with E-state index in [-0.39, 0.29) is 0 Å². The van der Waals surface area contributed by atoms with Crippen LogP contribution in [0.25, 0.3) is 5.82 Å². The smallest absolute Gasteiger partial charge is 0.167 e. The molecule has 0 N–H and O–H groups in total. The molecule has 0 atom stereocenters. The molecule has 0 aromatic carbocycles. The molecule has 2 aromatic rings. The van der Waals surface area contributed by atoms with Crippen LogP contribution in [-0.2, 0) is 0 Å². The summed E-state index contributed by atoms with van der Waals surface area (Å²) in [5, 5.41) is 4.70. The molecule has 0 bridgehead atoms. The fourth-order valence-corrected chi connectivity index (χ4v) is 2.10. The summed E-state index contributed by atoms with van der Waals surface area (Å²) in [7, 11) is 0. The Morgan fingerprint density at radius 3 is 2.64 bits per heavy atom. The average molecular weight is 337 g/mol. The van der Waals surface area contributed by atoms with E-state index < -0.39 is 0 Å². The Balaban J connectivity index is 2.52. The minimum Gasteiger partial charge on any atom is -0.235 e. The van der Waals surface area contributed by atoms with Gasteiger partial charge in [0.25, 0.3) is 0 Å². The van der Waals surface area contributed by atoms with E-state index in [1.165, 1.54) is 0 Å². The summed E-state index contributed by atoms with van der Waals surface area (Å²) >= 11 is 12.5. The Morgan fingerprint density at radius 2 is 2.07 bits per heavy atom. The van der Waals surface area contributed by atoms with Crippen molar-refractivity contribution >= 4 is 43.5 Å². The predicted molar refractivity (Wildman–Crippen MR) is 61.8 cm³/mol. The number of rotatable bonds is 1. The van der Waals surface area contributed by atoms with E-state index in [1.54, 1.807) is 23.1 Å². The van der Waals surface area contributed by atoms with Gasteiger partial charge in [0.05, 0.1) is 20.2 Å². The standard InChI is InChI=1S/C8H4Br2ClN3/c9-5-2-13-14(4-5)8-7(10)1-6(11)3-12-8/h1-4H. The Labute approximate surface area is 102 Å². The quantitative estimate of drug-likeness (QED) is 0.798. The second-order valence-electron chi connectivity index (χ2n) is 2.56. The van der Waals surface area contributed by atoms with Gasteiger partial charge in [0.15, 0.2) is 5.82 Å². The highest BCUT2D eigenvalue weighted by atomic mass is 79.9. The lowest BCUT2D eigenvalue weighted by Crippen LogP contribution is -1.98. The summed E-state index contributed by atoms with van der Waals surface area (Å²) in [6.45, 7) is 0. The Morgan fingerprint density at radius 1 is 1.29 bits per heavy atom. The van der Waals surface area contributed by atoms with Crippen molar-refractivity contribution in [2.45, 2.75) is 0 Å². The fraction of sp³-hybridized carbons (Fsp3) is 0. The number of nitrogens with zero attached hydrogens (tertiary/aromatic N) is 3. The first-order chi connectivity index (χ1) is 6.66. The van der Waals surface area contributed by atoms with Gasteiger partial charge in [0, 0.05) is 12.4 Å². The van der Waals surface area contributed by atoms with Crippen LogP contribution in [-0.4, -0.2) is 14.8 Å². The van der Waals surface area contributed by atoms with Crippen LogP contribution in [0.2, 0.25) is 5.02 Å². The van der Waals surface area contributed by atoms with E-state index in [0.29, 0.717) is 10.8 Å². The molecular formula is C8H4Br2ClN3. The molecule has 2 rings (SSSR count). The van der Waals surface area contributed by atoms with Gasteiger partial charge in [-0.2, -0.15) is 5.10 Å². The van der Waals surface area contributed by atoms with Gasteiger partial charge in [-0.1, -0.05) is 11.6 Å². The first-order valence-corrected chi connectivity index (χ1v) is 5.65. The summed E-state index contributed by atoms with van der Waals surface area (Å²) in [6.07, 6.45) is 5.10. The van der Waals surface area contributed by atoms with Gasteiger partial charge < -0.3 is 0 Å². The summed E-state index contributed by atoms with van der Waals surface area (Å²) in [5.74, 6) is 0.708. The zero-order valence-corrected chi connectivity index (χ0v) is 10.7. The molecule has 0 saturated heterocycles. The maximum Gasteiger partial charge on any atom is 0.167 e. The maximum absolute atomic E-state index is 5.78. The van der Waals surface area contributed by atoms with Crippen LogP contribution in [0.5, 0.6) is 0 Å². The monoisotopic (exact) mass is 335 g/mol. The number of halogens is 3. The second-order valence-corrected chi connectivity index (χ2v) is 4.77. The molecule has 0 aliphatic rings. The number of hydrogen-bond acceptors (Lipinski definition) is 2. The van der Waals surface area contributed by atoms with Crippen molar-refractivity contribution in [2.75, 3.05) is 0 Å². The van der Waals surface area contributed by atoms with E-state index >= 15 is 0 Å². The molecule has 0 saturated carbocycles. The van der Waals surface area contributed by atoms with E-state index in [2.05, 4.69) is 41.9 Å². The van der Waals surface area contributed by atoms with Gasteiger partial charge in [-0.25, -0.2) is 9.67 Å². The highest BCUT2D eigenvalue weighted by Gasteiger charge is 2.05. The second kappa shape index (κ2) is 4.00. The minimum absolute atomic E-state index is 0.590. The van der Waals surface area contributed by atoms with Gasteiger partial charge >= 0.3 is 0 Å². The molecule has 2 heterocycles. The number of aromatic nitrogens is 3. The molecule has 2 aromatic heterocycles. The summed E-state index contributed by atoms with van der Waals surface area (Å²) in [6, 6.07) is 1.78. The van der Waals surface area contributed by atoms with Crippen molar-refractivity contribution in [3.8, 4) is 5.82 Å². The summed E-state index contributed by atoms with van der Waals surface area (Å²) in [4.78, 5) is 4.16. The van der Waals surface area contributed by atoms with Crippen LogP contribution in [0.3, 0.4) is 0 Å². The van der Waals surface area contributed by atoms with Crippen molar-refractivity contribution in [1.29, 1.82) is 0 Å². The fourth-order valence-electron chi connectivity index (χ4n) is 0.993. The normalized spacial score (nSPS) is 10.5. The van der Waals surface area contributed by atoms with Crippen molar-refractivity contribution in [2.24, 2.45) is 0 Å². The number of pyridine rings is 1. The van der Waals surface area contributed by atoms with Crippen LogP contribution in [0.4, 0.5) is 0 Å². The van der Waals surface area contributed by atoms with Crippen LogP contribution < -0.4 is 0 Å². The molecule has 0 amide bonds. The number of hydrogen-bond donors (Lipinski definition) is 0. The first kappa shape index (κ1) is 10.1. The van der Waals surface area contributed by atoms with Crippen LogP contribution in [0.1, 0.15) is 0 Å². The lowest BCUT2D eigenvalue weighted by atomic mass is 10.4. The van der Waals surface area contributed by atoms with Crippen molar-refractivity contribution in [3.05, 3.63) is 38.6 Å². The molecule has 0 radical (unpaired) electrons. The molecule has 14 heavy (non-hydrogen) atoms. The summed E-state index contributed by atoms with van der Waals surface area (Å²) in [5.41, 5.74) is 0. The van der Waals surface area contributed by atoms with Gasteiger partial charge in [0.2, 0.25) is 0 Å². The molecule has 0 aliphatic heterocycles. The van der Waals surface area contributed by atoms with Gasteiger partial charge in [-0.3, -0.25) is 0 Å². The molecule has 0 unspecified atom stereocenters. The third-order valence-electron chi connectivity index (χ3n) is 1.56. The van der Waals surface area contributed by atoms with E-state index in [9.17, 15) is 0 Å². The molecule has 72 valence electrons.